The molecule has 0 radical (unpaired) electrons. The molecule has 1 aliphatic heterocycles. The molecule has 0 bridgehead atoms. The second kappa shape index (κ2) is 7.05. The molecular weight excluding hydrogens is 264 g/mol. The lowest BCUT2D eigenvalue weighted by molar-refractivity contribution is -0.130. The van der Waals surface area contributed by atoms with Gasteiger partial charge >= 0.3 is 0 Å². The van der Waals surface area contributed by atoms with Crippen LogP contribution in [0.1, 0.15) is 44.7 Å². The van der Waals surface area contributed by atoms with Crippen LogP contribution in [0.25, 0.3) is 0 Å². The van der Waals surface area contributed by atoms with Crippen LogP contribution in [0.15, 0.2) is 30.3 Å². The smallest absolute Gasteiger partial charge is 0.240 e. The van der Waals surface area contributed by atoms with Gasteiger partial charge in [0.1, 0.15) is 0 Å². The van der Waals surface area contributed by atoms with E-state index in [9.17, 15) is 4.79 Å². The van der Waals surface area contributed by atoms with Crippen molar-refractivity contribution >= 4 is 5.91 Å². The molecule has 0 aliphatic carbocycles. The van der Waals surface area contributed by atoms with E-state index in [1.165, 1.54) is 0 Å². The first-order chi connectivity index (χ1) is 10.0. The van der Waals surface area contributed by atoms with Crippen LogP contribution < -0.4 is 11.1 Å². The average molecular weight is 290 g/mol. The highest BCUT2D eigenvalue weighted by molar-refractivity contribution is 5.86. The van der Waals surface area contributed by atoms with E-state index < -0.39 is 5.54 Å². The average Bonchev–Trinajstić information content (AvgIpc) is 2.47. The van der Waals surface area contributed by atoms with Gasteiger partial charge in [0.2, 0.25) is 5.91 Å². The highest BCUT2D eigenvalue weighted by atomic mass is 16.5. The van der Waals surface area contributed by atoms with Crippen molar-refractivity contribution in [3.8, 4) is 0 Å². The number of hydrogen-bond acceptors (Lipinski definition) is 3. The van der Waals surface area contributed by atoms with Crippen molar-refractivity contribution in [2.75, 3.05) is 13.2 Å². The number of rotatable bonds is 5. The third kappa shape index (κ3) is 4.29. The Balaban J connectivity index is 2.09. The normalized spacial score (nSPS) is 19.2. The molecule has 1 aliphatic rings. The van der Waals surface area contributed by atoms with Crippen LogP contribution in [-0.2, 0) is 9.53 Å². The quantitative estimate of drug-likeness (QED) is 0.875. The Hall–Kier alpha value is -1.39. The van der Waals surface area contributed by atoms with Gasteiger partial charge in [0.05, 0.1) is 11.6 Å². The van der Waals surface area contributed by atoms with E-state index in [2.05, 4.69) is 31.3 Å². The minimum atomic E-state index is -0.789. The molecule has 1 atom stereocenters. The van der Waals surface area contributed by atoms with Crippen molar-refractivity contribution in [3.63, 3.8) is 0 Å². The van der Waals surface area contributed by atoms with Crippen LogP contribution in [0.4, 0.5) is 0 Å². The first kappa shape index (κ1) is 16.0. The highest BCUT2D eigenvalue weighted by Gasteiger charge is 2.37. The summed E-state index contributed by atoms with van der Waals surface area (Å²) in [5, 5.41) is 3.16. The summed E-state index contributed by atoms with van der Waals surface area (Å²) in [7, 11) is 0. The van der Waals surface area contributed by atoms with E-state index in [4.69, 9.17) is 10.5 Å². The first-order valence-corrected chi connectivity index (χ1v) is 7.74. The van der Waals surface area contributed by atoms with Crippen molar-refractivity contribution in [2.24, 2.45) is 11.7 Å². The summed E-state index contributed by atoms with van der Waals surface area (Å²) in [5.74, 6) is 0.444. The van der Waals surface area contributed by atoms with E-state index in [0.29, 0.717) is 32.0 Å². The largest absolute Gasteiger partial charge is 0.381 e. The fraction of sp³-hybridized carbons (Fsp3) is 0.588. The summed E-state index contributed by atoms with van der Waals surface area (Å²) in [6, 6.07) is 10.1. The van der Waals surface area contributed by atoms with Crippen LogP contribution in [0.3, 0.4) is 0 Å². The SMILES string of the molecule is CC(C)CC(NC(=O)C1(N)CCOCC1)c1ccccc1. The molecule has 4 nitrogen and oxygen atoms in total. The summed E-state index contributed by atoms with van der Waals surface area (Å²) in [4.78, 5) is 12.6. The molecule has 1 fully saturated rings. The molecule has 1 aromatic carbocycles. The van der Waals surface area contributed by atoms with Crippen LogP contribution in [0.5, 0.6) is 0 Å². The summed E-state index contributed by atoms with van der Waals surface area (Å²) < 4.78 is 5.31. The second-order valence-corrected chi connectivity index (χ2v) is 6.33. The molecule has 1 saturated heterocycles. The maximum absolute atomic E-state index is 12.6. The zero-order valence-electron chi connectivity index (χ0n) is 13.0. The van der Waals surface area contributed by atoms with Gasteiger partial charge in [0, 0.05) is 13.2 Å². The molecule has 3 N–H and O–H groups in total. The van der Waals surface area contributed by atoms with Gasteiger partial charge in [-0.05, 0) is 30.7 Å². The van der Waals surface area contributed by atoms with E-state index in [0.717, 1.165) is 12.0 Å². The van der Waals surface area contributed by atoms with Gasteiger partial charge in [-0.3, -0.25) is 4.79 Å². The second-order valence-electron chi connectivity index (χ2n) is 6.33. The van der Waals surface area contributed by atoms with Crippen molar-refractivity contribution < 1.29 is 9.53 Å². The Kier molecular flexibility index (Phi) is 5.37. The predicted molar refractivity (Wildman–Crippen MR) is 83.8 cm³/mol. The lowest BCUT2D eigenvalue weighted by atomic mass is 9.89. The zero-order chi connectivity index (χ0) is 15.3. The Morgan fingerprint density at radius 3 is 2.48 bits per heavy atom. The third-order valence-electron chi connectivity index (χ3n) is 4.05. The molecule has 0 saturated carbocycles. The number of ether oxygens (including phenoxy) is 1. The van der Waals surface area contributed by atoms with Gasteiger partial charge in [-0.1, -0.05) is 44.2 Å². The number of nitrogens with one attached hydrogen (secondary N) is 1. The summed E-state index contributed by atoms with van der Waals surface area (Å²) in [5.41, 5.74) is 6.61. The van der Waals surface area contributed by atoms with Crippen molar-refractivity contribution in [2.45, 2.75) is 44.7 Å². The molecule has 4 heteroatoms. The van der Waals surface area contributed by atoms with Crippen molar-refractivity contribution in [1.29, 1.82) is 0 Å². The highest BCUT2D eigenvalue weighted by Crippen LogP contribution is 2.24. The topological polar surface area (TPSA) is 64.4 Å². The summed E-state index contributed by atoms with van der Waals surface area (Å²) >= 11 is 0. The monoisotopic (exact) mass is 290 g/mol. The number of carbonyl (C=O) groups excluding carboxylic acids is 1. The third-order valence-corrected chi connectivity index (χ3v) is 4.05. The van der Waals surface area contributed by atoms with Crippen LogP contribution in [0, 0.1) is 5.92 Å². The maximum atomic E-state index is 12.6. The molecule has 0 spiro atoms. The molecule has 1 heterocycles. The first-order valence-electron chi connectivity index (χ1n) is 7.74. The molecule has 21 heavy (non-hydrogen) atoms. The van der Waals surface area contributed by atoms with E-state index in [-0.39, 0.29) is 11.9 Å². The van der Waals surface area contributed by atoms with Gasteiger partial charge in [-0.2, -0.15) is 0 Å². The molecule has 1 aromatic rings. The summed E-state index contributed by atoms with van der Waals surface area (Å²) in [6.07, 6.45) is 2.08. The lowest BCUT2D eigenvalue weighted by Crippen LogP contribution is -2.57. The number of benzene rings is 1. The lowest BCUT2D eigenvalue weighted by Gasteiger charge is -2.34. The fourth-order valence-electron chi connectivity index (χ4n) is 2.70. The van der Waals surface area contributed by atoms with Crippen LogP contribution >= 0.6 is 0 Å². The minimum absolute atomic E-state index is 0.0157. The van der Waals surface area contributed by atoms with Crippen molar-refractivity contribution in [1.82, 2.24) is 5.32 Å². The number of nitrogens with two attached hydrogens (primary N) is 1. The Morgan fingerprint density at radius 1 is 1.29 bits per heavy atom. The fourth-order valence-corrected chi connectivity index (χ4v) is 2.70. The number of carbonyl (C=O) groups is 1. The Labute approximate surface area is 127 Å². The molecule has 116 valence electrons. The molecule has 2 rings (SSSR count). The Morgan fingerprint density at radius 2 is 1.90 bits per heavy atom. The van der Waals surface area contributed by atoms with Gasteiger partial charge in [0.25, 0.3) is 0 Å². The molecular formula is C17H26N2O2. The molecule has 1 unspecified atom stereocenters. The van der Waals surface area contributed by atoms with E-state index in [1.807, 2.05) is 18.2 Å². The van der Waals surface area contributed by atoms with Gasteiger partial charge in [-0.15, -0.1) is 0 Å². The maximum Gasteiger partial charge on any atom is 0.240 e. The van der Waals surface area contributed by atoms with Crippen molar-refractivity contribution in [3.05, 3.63) is 35.9 Å². The van der Waals surface area contributed by atoms with E-state index in [1.54, 1.807) is 0 Å². The van der Waals surface area contributed by atoms with Gasteiger partial charge in [0.15, 0.2) is 0 Å². The summed E-state index contributed by atoms with van der Waals surface area (Å²) in [6.45, 7) is 5.44. The number of amides is 1. The van der Waals surface area contributed by atoms with Crippen LogP contribution in [-0.4, -0.2) is 24.7 Å². The molecule has 1 amide bonds. The number of hydrogen-bond donors (Lipinski definition) is 2. The Bertz CT molecular complexity index is 453. The minimum Gasteiger partial charge on any atom is -0.381 e. The molecule has 0 aromatic heterocycles. The van der Waals surface area contributed by atoms with Gasteiger partial charge in [-0.25, -0.2) is 0 Å². The predicted octanol–water partition coefficient (Wildman–Crippen LogP) is 2.40. The van der Waals surface area contributed by atoms with E-state index >= 15 is 0 Å². The standard InChI is InChI=1S/C17H26N2O2/c1-13(2)12-15(14-6-4-3-5-7-14)19-16(20)17(18)8-10-21-11-9-17/h3-7,13,15H,8-12,18H2,1-2H3,(H,19,20). The zero-order valence-corrected chi connectivity index (χ0v) is 13.0. The van der Waals surface area contributed by atoms with Gasteiger partial charge < -0.3 is 15.8 Å². The van der Waals surface area contributed by atoms with Crippen LogP contribution in [0.2, 0.25) is 0 Å².